The van der Waals surface area contributed by atoms with E-state index < -0.39 is 10.7 Å². The SMILES string of the molecule is CN(C)C(=O)c1ccc(Oc2cc(COc3cc(F)c(C=O)cc3Cl)ccc2[N+](=O)[O-])cc1. The number of carbonyl (C=O) groups is 2. The molecule has 170 valence electrons. The van der Waals surface area contributed by atoms with Crippen molar-refractivity contribution in [3.05, 3.63) is 92.2 Å². The third-order valence-corrected chi connectivity index (χ3v) is 4.82. The maximum atomic E-state index is 13.8. The Kier molecular flexibility index (Phi) is 7.24. The number of ether oxygens (including phenoxy) is 2. The first-order valence-electron chi connectivity index (χ1n) is 9.53. The van der Waals surface area contributed by atoms with Crippen LogP contribution < -0.4 is 9.47 Å². The zero-order valence-electron chi connectivity index (χ0n) is 17.6. The number of amides is 1. The number of hydrogen-bond acceptors (Lipinski definition) is 6. The zero-order valence-corrected chi connectivity index (χ0v) is 18.3. The van der Waals surface area contributed by atoms with Crippen molar-refractivity contribution in [1.29, 1.82) is 0 Å². The van der Waals surface area contributed by atoms with Crippen LogP contribution in [0.1, 0.15) is 26.3 Å². The lowest BCUT2D eigenvalue weighted by Crippen LogP contribution is -2.21. The van der Waals surface area contributed by atoms with E-state index in [0.29, 0.717) is 23.2 Å². The molecular formula is C23H18ClFN2O6. The maximum absolute atomic E-state index is 13.8. The molecule has 0 N–H and O–H groups in total. The number of nitro groups is 1. The van der Waals surface area contributed by atoms with Crippen LogP contribution in [0.5, 0.6) is 17.2 Å². The van der Waals surface area contributed by atoms with Crippen LogP contribution in [-0.2, 0) is 6.61 Å². The van der Waals surface area contributed by atoms with Gasteiger partial charge in [0.1, 0.15) is 23.9 Å². The molecule has 3 rings (SSSR count). The third-order valence-electron chi connectivity index (χ3n) is 4.53. The molecule has 0 aliphatic carbocycles. The highest BCUT2D eigenvalue weighted by Crippen LogP contribution is 2.33. The van der Waals surface area contributed by atoms with Crippen molar-refractivity contribution in [2.45, 2.75) is 6.61 Å². The van der Waals surface area contributed by atoms with Crippen LogP contribution in [0.15, 0.2) is 54.6 Å². The van der Waals surface area contributed by atoms with E-state index in [-0.39, 0.29) is 40.3 Å². The Morgan fingerprint density at radius 1 is 1.12 bits per heavy atom. The number of benzene rings is 3. The van der Waals surface area contributed by atoms with Gasteiger partial charge >= 0.3 is 5.69 Å². The number of halogens is 2. The Hall–Kier alpha value is -3.98. The van der Waals surface area contributed by atoms with Gasteiger partial charge in [0.2, 0.25) is 5.75 Å². The molecule has 33 heavy (non-hydrogen) atoms. The Labute approximate surface area is 193 Å². The van der Waals surface area contributed by atoms with Gasteiger partial charge in [0.25, 0.3) is 5.91 Å². The van der Waals surface area contributed by atoms with Crippen molar-refractivity contribution in [2.75, 3.05) is 14.1 Å². The minimum absolute atomic E-state index is 0.0155. The van der Waals surface area contributed by atoms with Crippen molar-refractivity contribution in [2.24, 2.45) is 0 Å². The van der Waals surface area contributed by atoms with Crippen LogP contribution >= 0.6 is 11.6 Å². The number of carbonyl (C=O) groups excluding carboxylic acids is 2. The lowest BCUT2D eigenvalue weighted by atomic mass is 10.2. The lowest BCUT2D eigenvalue weighted by molar-refractivity contribution is -0.385. The quantitative estimate of drug-likeness (QED) is 0.251. The first kappa shape index (κ1) is 23.7. The summed E-state index contributed by atoms with van der Waals surface area (Å²) in [5, 5.41) is 11.5. The van der Waals surface area contributed by atoms with E-state index >= 15 is 0 Å². The second-order valence-corrected chi connectivity index (χ2v) is 7.50. The summed E-state index contributed by atoms with van der Waals surface area (Å²) in [6.07, 6.45) is 0.341. The van der Waals surface area contributed by atoms with Gasteiger partial charge in [0, 0.05) is 31.8 Å². The number of nitrogens with zero attached hydrogens (tertiary/aromatic N) is 2. The van der Waals surface area contributed by atoms with Crippen molar-refractivity contribution in [3.8, 4) is 17.2 Å². The number of nitro benzene ring substituents is 1. The number of hydrogen-bond donors (Lipinski definition) is 0. The Morgan fingerprint density at radius 2 is 1.82 bits per heavy atom. The summed E-state index contributed by atoms with van der Waals surface area (Å²) in [5.74, 6) is -0.708. The van der Waals surface area contributed by atoms with E-state index in [1.165, 1.54) is 35.2 Å². The summed E-state index contributed by atoms with van der Waals surface area (Å²) in [6, 6.07) is 12.4. The van der Waals surface area contributed by atoms with E-state index in [1.807, 2.05) is 0 Å². The summed E-state index contributed by atoms with van der Waals surface area (Å²) >= 11 is 6.01. The standard InChI is InChI=1S/C23H18ClFN2O6/c1-26(2)23(29)15-4-6-17(7-5-15)33-22-9-14(3-8-20(22)27(30)31)13-32-21-11-19(25)16(12-28)10-18(21)24/h3-12H,13H2,1-2H3. The van der Waals surface area contributed by atoms with Gasteiger partial charge in [-0.05, 0) is 48.0 Å². The van der Waals surface area contributed by atoms with E-state index in [9.17, 15) is 24.1 Å². The van der Waals surface area contributed by atoms with Gasteiger partial charge in [-0.1, -0.05) is 11.6 Å². The Morgan fingerprint density at radius 3 is 2.42 bits per heavy atom. The molecule has 0 spiro atoms. The second-order valence-electron chi connectivity index (χ2n) is 7.10. The fraction of sp³-hybridized carbons (Fsp3) is 0.130. The largest absolute Gasteiger partial charge is 0.487 e. The van der Waals surface area contributed by atoms with Gasteiger partial charge in [-0.3, -0.25) is 19.7 Å². The average Bonchev–Trinajstić information content (AvgIpc) is 2.79. The summed E-state index contributed by atoms with van der Waals surface area (Å²) < 4.78 is 25.0. The predicted octanol–water partition coefficient (Wildman–Crippen LogP) is 5.27. The molecule has 3 aromatic rings. The number of rotatable bonds is 8. The average molecular weight is 473 g/mol. The lowest BCUT2D eigenvalue weighted by Gasteiger charge is -2.12. The highest BCUT2D eigenvalue weighted by Gasteiger charge is 2.18. The van der Waals surface area contributed by atoms with Crippen LogP contribution in [0.25, 0.3) is 0 Å². The van der Waals surface area contributed by atoms with E-state index in [4.69, 9.17) is 21.1 Å². The van der Waals surface area contributed by atoms with E-state index in [0.717, 1.165) is 12.1 Å². The summed E-state index contributed by atoms with van der Waals surface area (Å²) in [5.41, 5.74) is 0.461. The van der Waals surface area contributed by atoms with Crippen molar-refractivity contribution >= 4 is 29.5 Å². The molecule has 0 atom stereocenters. The maximum Gasteiger partial charge on any atom is 0.311 e. The van der Waals surface area contributed by atoms with Gasteiger partial charge < -0.3 is 14.4 Å². The van der Waals surface area contributed by atoms with Crippen molar-refractivity contribution in [3.63, 3.8) is 0 Å². The van der Waals surface area contributed by atoms with Crippen LogP contribution in [0.2, 0.25) is 5.02 Å². The molecule has 0 aromatic heterocycles. The van der Waals surface area contributed by atoms with Crippen molar-refractivity contribution < 1.29 is 28.4 Å². The monoisotopic (exact) mass is 472 g/mol. The molecule has 0 aliphatic rings. The van der Waals surface area contributed by atoms with Gasteiger partial charge in [0.05, 0.1) is 15.5 Å². The summed E-state index contributed by atoms with van der Waals surface area (Å²) in [4.78, 5) is 35.1. The Bertz CT molecular complexity index is 1210. The molecule has 10 heteroatoms. The molecule has 3 aromatic carbocycles. The molecule has 1 amide bonds. The molecule has 0 heterocycles. The normalized spacial score (nSPS) is 10.4. The third kappa shape index (κ3) is 5.64. The molecular weight excluding hydrogens is 455 g/mol. The topological polar surface area (TPSA) is 99.0 Å². The molecule has 8 nitrogen and oxygen atoms in total. The van der Waals surface area contributed by atoms with E-state index in [1.54, 1.807) is 26.2 Å². The minimum atomic E-state index is -0.784. The van der Waals surface area contributed by atoms with Gasteiger partial charge in [0.15, 0.2) is 6.29 Å². The zero-order chi connectivity index (χ0) is 24.1. The molecule has 0 radical (unpaired) electrons. The van der Waals surface area contributed by atoms with Gasteiger partial charge in [-0.2, -0.15) is 0 Å². The van der Waals surface area contributed by atoms with Crippen LogP contribution in [0.4, 0.5) is 10.1 Å². The fourth-order valence-electron chi connectivity index (χ4n) is 2.84. The predicted molar refractivity (Wildman–Crippen MR) is 119 cm³/mol. The fourth-order valence-corrected chi connectivity index (χ4v) is 3.06. The smallest absolute Gasteiger partial charge is 0.311 e. The molecule has 0 unspecified atom stereocenters. The van der Waals surface area contributed by atoms with Crippen molar-refractivity contribution in [1.82, 2.24) is 4.90 Å². The molecule has 0 saturated heterocycles. The minimum Gasteiger partial charge on any atom is -0.487 e. The van der Waals surface area contributed by atoms with Gasteiger partial charge in [-0.15, -0.1) is 0 Å². The first-order chi connectivity index (χ1) is 15.7. The van der Waals surface area contributed by atoms with Crippen LogP contribution in [-0.4, -0.2) is 36.1 Å². The van der Waals surface area contributed by atoms with E-state index in [2.05, 4.69) is 0 Å². The molecule has 0 fully saturated rings. The highest BCUT2D eigenvalue weighted by molar-refractivity contribution is 6.32. The summed E-state index contributed by atoms with van der Waals surface area (Å²) in [7, 11) is 3.25. The first-order valence-corrected chi connectivity index (χ1v) is 9.91. The van der Waals surface area contributed by atoms with Crippen LogP contribution in [0, 0.1) is 15.9 Å². The van der Waals surface area contributed by atoms with Crippen LogP contribution in [0.3, 0.4) is 0 Å². The molecule has 0 bridgehead atoms. The second kappa shape index (κ2) is 10.1. The highest BCUT2D eigenvalue weighted by atomic mass is 35.5. The summed E-state index contributed by atoms with van der Waals surface area (Å²) in [6.45, 7) is -0.0930. The Balaban J connectivity index is 1.81. The van der Waals surface area contributed by atoms with Gasteiger partial charge in [-0.25, -0.2) is 4.39 Å². The molecule has 0 saturated carbocycles. The molecule has 0 aliphatic heterocycles. The number of aldehydes is 1.